The molecule has 1 heterocycles. The average Bonchev–Trinajstić information content (AvgIpc) is 3.21. The summed E-state index contributed by atoms with van der Waals surface area (Å²) in [5.74, 6) is 1.60. The molecule has 130 valence electrons. The molecule has 1 aromatic carbocycles. The Balaban J connectivity index is 1.80. The summed E-state index contributed by atoms with van der Waals surface area (Å²) in [4.78, 5) is 6.89. The summed E-state index contributed by atoms with van der Waals surface area (Å²) < 4.78 is 6.14. The van der Waals surface area contributed by atoms with E-state index in [0.717, 1.165) is 55.0 Å². The van der Waals surface area contributed by atoms with Crippen LogP contribution in [0.5, 0.6) is 0 Å². The lowest BCUT2D eigenvalue weighted by atomic mass is 10.0. The number of benzene rings is 1. The monoisotopic (exact) mass is 328 g/mol. The lowest BCUT2D eigenvalue weighted by molar-refractivity contribution is 0.00423. The molecule has 0 bridgehead atoms. The molecule has 3 rings (SSSR count). The Morgan fingerprint density at radius 2 is 1.92 bits per heavy atom. The number of likely N-dealkylation sites (N-methyl/N-ethyl adjacent to an activating group) is 1. The first kappa shape index (κ1) is 17.2. The zero-order valence-corrected chi connectivity index (χ0v) is 15.0. The number of hydrogen-bond acceptors (Lipinski definition) is 4. The molecule has 1 atom stereocenters. The number of oxazole rings is 1. The molecule has 0 saturated heterocycles. The van der Waals surface area contributed by atoms with Crippen LogP contribution in [0.3, 0.4) is 0 Å². The zero-order chi connectivity index (χ0) is 17.2. The van der Waals surface area contributed by atoms with Gasteiger partial charge in [-0.25, -0.2) is 4.98 Å². The van der Waals surface area contributed by atoms with Crippen LogP contribution in [0.2, 0.25) is 0 Å². The third-order valence-electron chi connectivity index (χ3n) is 5.18. The van der Waals surface area contributed by atoms with Crippen molar-refractivity contribution in [2.24, 2.45) is 0 Å². The van der Waals surface area contributed by atoms with Gasteiger partial charge in [0.25, 0.3) is 0 Å². The number of nitrogens with zero attached hydrogens (tertiary/aromatic N) is 2. The molecule has 0 aliphatic heterocycles. The molecule has 0 radical (unpaired) electrons. The fourth-order valence-corrected chi connectivity index (χ4v) is 3.58. The van der Waals surface area contributed by atoms with E-state index in [1.165, 1.54) is 0 Å². The fraction of sp³-hybridized carbons (Fsp3) is 0.550. The van der Waals surface area contributed by atoms with Gasteiger partial charge in [-0.3, -0.25) is 4.90 Å². The molecular formula is C20H28N2O2. The molecule has 0 unspecified atom stereocenters. The maximum atomic E-state index is 10.6. The highest BCUT2D eigenvalue weighted by atomic mass is 16.4. The zero-order valence-electron chi connectivity index (χ0n) is 15.0. The summed E-state index contributed by atoms with van der Waals surface area (Å²) in [6, 6.07) is 10.2. The Labute approximate surface area is 144 Å². The van der Waals surface area contributed by atoms with Gasteiger partial charge in [0.1, 0.15) is 0 Å². The largest absolute Gasteiger partial charge is 0.439 e. The summed E-state index contributed by atoms with van der Waals surface area (Å²) in [5.41, 5.74) is 1.51. The molecular weight excluding hydrogens is 300 g/mol. The highest BCUT2D eigenvalue weighted by Gasteiger charge is 2.34. The van der Waals surface area contributed by atoms with Crippen molar-refractivity contribution in [2.45, 2.75) is 57.6 Å². The molecule has 1 aliphatic carbocycles. The fourth-order valence-electron chi connectivity index (χ4n) is 3.58. The molecule has 0 spiro atoms. The van der Waals surface area contributed by atoms with Crippen LogP contribution in [-0.2, 0) is 6.42 Å². The quantitative estimate of drug-likeness (QED) is 0.863. The molecule has 1 aromatic heterocycles. The maximum absolute atomic E-state index is 10.6. The second-order valence-electron chi connectivity index (χ2n) is 7.07. The van der Waals surface area contributed by atoms with Crippen molar-refractivity contribution >= 4 is 0 Å². The highest BCUT2D eigenvalue weighted by Crippen LogP contribution is 2.33. The van der Waals surface area contributed by atoms with Crippen molar-refractivity contribution in [1.82, 2.24) is 9.88 Å². The summed E-state index contributed by atoms with van der Waals surface area (Å²) >= 11 is 0. The van der Waals surface area contributed by atoms with Gasteiger partial charge in [0.15, 0.2) is 5.76 Å². The van der Waals surface area contributed by atoms with Gasteiger partial charge in [-0.15, -0.1) is 0 Å². The molecule has 0 amide bonds. The average molecular weight is 328 g/mol. The summed E-state index contributed by atoms with van der Waals surface area (Å²) in [7, 11) is 2.04. The van der Waals surface area contributed by atoms with E-state index >= 15 is 0 Å². The Kier molecular flexibility index (Phi) is 5.07. The lowest BCUT2D eigenvalue weighted by Gasteiger charge is -2.31. The molecule has 1 saturated carbocycles. The lowest BCUT2D eigenvalue weighted by Crippen LogP contribution is -2.40. The Bertz CT molecular complexity index is 660. The number of aliphatic hydroxyl groups is 1. The van der Waals surface area contributed by atoms with Crippen molar-refractivity contribution in [3.63, 3.8) is 0 Å². The molecule has 24 heavy (non-hydrogen) atoms. The van der Waals surface area contributed by atoms with E-state index < -0.39 is 5.60 Å². The van der Waals surface area contributed by atoms with E-state index in [9.17, 15) is 5.11 Å². The van der Waals surface area contributed by atoms with E-state index in [1.54, 1.807) is 0 Å². The molecule has 4 nitrogen and oxygen atoms in total. The minimum absolute atomic E-state index is 0.0392. The topological polar surface area (TPSA) is 49.5 Å². The first-order valence-electron chi connectivity index (χ1n) is 9.00. The van der Waals surface area contributed by atoms with Gasteiger partial charge in [0.05, 0.1) is 17.3 Å². The molecule has 2 aromatic rings. The van der Waals surface area contributed by atoms with Crippen molar-refractivity contribution in [3.8, 4) is 11.3 Å². The van der Waals surface area contributed by atoms with Gasteiger partial charge >= 0.3 is 0 Å². The smallest absolute Gasteiger partial charge is 0.212 e. The van der Waals surface area contributed by atoms with Crippen molar-refractivity contribution in [2.75, 3.05) is 13.6 Å². The van der Waals surface area contributed by atoms with E-state index in [4.69, 9.17) is 9.40 Å². The Morgan fingerprint density at radius 1 is 1.25 bits per heavy atom. The standard InChI is InChI=1S/C20H28N2O2/c1-4-17-18(16-10-6-5-7-11-16)24-19(21-17)15(2)22(3)14-20(23)12-8-9-13-20/h5-7,10-11,15,23H,4,8-9,12-14H2,1-3H3/t15-/m0/s1. The van der Waals surface area contributed by atoms with Gasteiger partial charge in [0, 0.05) is 12.1 Å². The first-order valence-corrected chi connectivity index (χ1v) is 9.00. The minimum Gasteiger partial charge on any atom is -0.439 e. The van der Waals surface area contributed by atoms with Gasteiger partial charge in [-0.05, 0) is 33.2 Å². The maximum Gasteiger partial charge on any atom is 0.212 e. The van der Waals surface area contributed by atoms with E-state index in [-0.39, 0.29) is 6.04 Å². The van der Waals surface area contributed by atoms with Gasteiger partial charge in [-0.2, -0.15) is 0 Å². The highest BCUT2D eigenvalue weighted by molar-refractivity contribution is 5.59. The van der Waals surface area contributed by atoms with Gasteiger partial charge in [0.2, 0.25) is 5.89 Å². The van der Waals surface area contributed by atoms with Crippen LogP contribution >= 0.6 is 0 Å². The van der Waals surface area contributed by atoms with Gasteiger partial charge < -0.3 is 9.52 Å². The van der Waals surface area contributed by atoms with Crippen molar-refractivity contribution in [1.29, 1.82) is 0 Å². The predicted octanol–water partition coefficient (Wildman–Crippen LogP) is 4.20. The number of aromatic nitrogens is 1. The second-order valence-corrected chi connectivity index (χ2v) is 7.07. The Morgan fingerprint density at radius 3 is 2.54 bits per heavy atom. The van der Waals surface area contributed by atoms with E-state index in [1.807, 2.05) is 25.2 Å². The van der Waals surface area contributed by atoms with E-state index in [2.05, 4.69) is 30.9 Å². The normalized spacial score (nSPS) is 18.2. The Hall–Kier alpha value is -1.65. The first-order chi connectivity index (χ1) is 11.5. The van der Waals surface area contributed by atoms with Crippen LogP contribution in [0.25, 0.3) is 11.3 Å². The second kappa shape index (κ2) is 7.08. The molecule has 4 heteroatoms. The van der Waals surface area contributed by atoms with Crippen molar-refractivity contribution < 1.29 is 9.52 Å². The third-order valence-corrected chi connectivity index (χ3v) is 5.18. The summed E-state index contributed by atoms with van der Waals surface area (Å²) in [6.45, 7) is 4.86. The molecule has 1 N–H and O–H groups in total. The van der Waals surface area contributed by atoms with Crippen LogP contribution in [0.15, 0.2) is 34.7 Å². The van der Waals surface area contributed by atoms with Crippen molar-refractivity contribution in [3.05, 3.63) is 41.9 Å². The van der Waals surface area contributed by atoms with Crippen LogP contribution in [0, 0.1) is 0 Å². The van der Waals surface area contributed by atoms with Crippen LogP contribution in [0.1, 0.15) is 57.2 Å². The molecule has 1 aliphatic rings. The van der Waals surface area contributed by atoms with Crippen LogP contribution in [0.4, 0.5) is 0 Å². The summed E-state index contributed by atoms with van der Waals surface area (Å²) in [6.07, 6.45) is 4.87. The number of aryl methyl sites for hydroxylation is 1. The SMILES string of the molecule is CCc1nc([C@H](C)N(C)CC2(O)CCCC2)oc1-c1ccccc1. The predicted molar refractivity (Wildman–Crippen MR) is 95.8 cm³/mol. The minimum atomic E-state index is -0.550. The summed E-state index contributed by atoms with van der Waals surface area (Å²) in [5, 5.41) is 10.6. The van der Waals surface area contributed by atoms with Crippen LogP contribution in [-0.4, -0.2) is 34.2 Å². The number of rotatable bonds is 6. The number of hydrogen-bond donors (Lipinski definition) is 1. The third kappa shape index (κ3) is 3.55. The van der Waals surface area contributed by atoms with Gasteiger partial charge in [-0.1, -0.05) is 50.1 Å². The van der Waals surface area contributed by atoms with E-state index in [0.29, 0.717) is 6.54 Å². The van der Waals surface area contributed by atoms with Crippen LogP contribution < -0.4 is 0 Å². The molecule has 1 fully saturated rings.